The number of thiophene rings is 1. The van der Waals surface area contributed by atoms with Crippen molar-refractivity contribution < 1.29 is 9.59 Å². The van der Waals surface area contributed by atoms with Crippen LogP contribution in [0.4, 0.5) is 11.4 Å². The van der Waals surface area contributed by atoms with Gasteiger partial charge in [-0.3, -0.25) is 14.3 Å². The van der Waals surface area contributed by atoms with E-state index in [0.717, 1.165) is 16.3 Å². The van der Waals surface area contributed by atoms with Crippen molar-refractivity contribution in [3.63, 3.8) is 0 Å². The second-order valence-corrected chi connectivity index (χ2v) is 5.19. The summed E-state index contributed by atoms with van der Waals surface area (Å²) in [6.07, 6.45) is 3.32. The van der Waals surface area contributed by atoms with Crippen molar-refractivity contribution in [2.24, 2.45) is 5.73 Å². The number of anilines is 2. The van der Waals surface area contributed by atoms with Gasteiger partial charge < -0.3 is 16.4 Å². The van der Waals surface area contributed by atoms with Gasteiger partial charge in [0.25, 0.3) is 0 Å². The van der Waals surface area contributed by atoms with Gasteiger partial charge in [0.1, 0.15) is 6.54 Å². The number of nitrogens with two attached hydrogens (primary N) is 1. The van der Waals surface area contributed by atoms with Crippen LogP contribution in [0.3, 0.4) is 0 Å². The molecule has 0 bridgehead atoms. The molecule has 4 N–H and O–H groups in total. The third kappa shape index (κ3) is 3.82. The molecule has 2 amide bonds. The normalized spacial score (nSPS) is 10.2. The molecule has 0 aliphatic rings. The summed E-state index contributed by atoms with van der Waals surface area (Å²) >= 11 is 1.55. The van der Waals surface area contributed by atoms with Crippen LogP contribution in [0.2, 0.25) is 0 Å². The number of primary amides is 1. The minimum atomic E-state index is -0.439. The minimum absolute atomic E-state index is 0.0534. The average Bonchev–Trinajstić information content (AvgIpc) is 2.95. The molecule has 0 atom stereocenters. The summed E-state index contributed by atoms with van der Waals surface area (Å²) in [5, 5.41) is 11.9. The Morgan fingerprint density at radius 1 is 1.50 bits per heavy atom. The van der Waals surface area contributed by atoms with E-state index in [2.05, 4.69) is 15.7 Å². The average molecular weight is 293 g/mol. The molecule has 2 aromatic heterocycles. The number of carbonyl (C=O) groups excluding carboxylic acids is 2. The van der Waals surface area contributed by atoms with Crippen molar-refractivity contribution in [3.05, 3.63) is 28.7 Å². The molecule has 0 aliphatic heterocycles. The Bertz CT molecular complexity index is 619. The van der Waals surface area contributed by atoms with Gasteiger partial charge in [-0.05, 0) is 11.4 Å². The number of aromatic nitrogens is 2. The lowest BCUT2D eigenvalue weighted by Crippen LogP contribution is -2.18. The second kappa shape index (κ2) is 6.20. The standard InChI is InChI=1S/C12H15N5O2S/c1-8(18)16-10-2-3-20-11(10)5-14-9-4-15-17(6-9)7-12(13)19/h2-4,6,14H,5,7H2,1H3,(H2,13,19)(H,16,18). The summed E-state index contributed by atoms with van der Waals surface area (Å²) in [7, 11) is 0. The molecule has 2 aromatic rings. The topological polar surface area (TPSA) is 102 Å². The van der Waals surface area contributed by atoms with E-state index in [1.807, 2.05) is 11.4 Å². The number of amides is 2. The van der Waals surface area contributed by atoms with Crippen molar-refractivity contribution in [1.82, 2.24) is 9.78 Å². The minimum Gasteiger partial charge on any atom is -0.378 e. The second-order valence-electron chi connectivity index (χ2n) is 4.19. The van der Waals surface area contributed by atoms with Crippen LogP contribution in [0.5, 0.6) is 0 Å². The zero-order valence-electron chi connectivity index (χ0n) is 10.9. The van der Waals surface area contributed by atoms with Crippen LogP contribution in [-0.4, -0.2) is 21.6 Å². The Hall–Kier alpha value is -2.35. The van der Waals surface area contributed by atoms with Gasteiger partial charge in [-0.2, -0.15) is 5.10 Å². The molecule has 0 aliphatic carbocycles. The molecule has 20 heavy (non-hydrogen) atoms. The van der Waals surface area contributed by atoms with Gasteiger partial charge in [-0.25, -0.2) is 0 Å². The van der Waals surface area contributed by atoms with Gasteiger partial charge >= 0.3 is 0 Å². The van der Waals surface area contributed by atoms with Gasteiger partial charge in [0.15, 0.2) is 0 Å². The zero-order valence-corrected chi connectivity index (χ0v) is 11.7. The first kappa shape index (κ1) is 14.1. The smallest absolute Gasteiger partial charge is 0.239 e. The summed E-state index contributed by atoms with van der Waals surface area (Å²) in [4.78, 5) is 22.8. The van der Waals surface area contributed by atoms with E-state index in [-0.39, 0.29) is 12.5 Å². The molecule has 2 heterocycles. The molecule has 0 radical (unpaired) electrons. The quantitative estimate of drug-likeness (QED) is 0.739. The number of hydrogen-bond donors (Lipinski definition) is 3. The highest BCUT2D eigenvalue weighted by atomic mass is 32.1. The lowest BCUT2D eigenvalue weighted by Gasteiger charge is -2.05. The Labute approximate surface area is 119 Å². The van der Waals surface area contributed by atoms with Crippen LogP contribution in [-0.2, 0) is 22.7 Å². The third-order valence-electron chi connectivity index (χ3n) is 2.46. The van der Waals surface area contributed by atoms with Crippen LogP contribution in [0, 0.1) is 0 Å². The highest BCUT2D eigenvalue weighted by Gasteiger charge is 2.06. The highest BCUT2D eigenvalue weighted by molar-refractivity contribution is 7.10. The first-order valence-electron chi connectivity index (χ1n) is 5.93. The molecule has 0 unspecified atom stereocenters. The van der Waals surface area contributed by atoms with E-state index in [9.17, 15) is 9.59 Å². The summed E-state index contributed by atoms with van der Waals surface area (Å²) in [6.45, 7) is 2.09. The SMILES string of the molecule is CC(=O)Nc1ccsc1CNc1cnn(CC(N)=O)c1. The van der Waals surface area contributed by atoms with E-state index < -0.39 is 5.91 Å². The van der Waals surface area contributed by atoms with E-state index in [1.165, 1.54) is 11.6 Å². The van der Waals surface area contributed by atoms with Crippen molar-refractivity contribution in [2.75, 3.05) is 10.6 Å². The summed E-state index contributed by atoms with van der Waals surface area (Å²) < 4.78 is 1.47. The molecule has 2 rings (SSSR count). The predicted octanol–water partition coefficient (Wildman–Crippen LogP) is 1.00. The van der Waals surface area contributed by atoms with Gasteiger partial charge in [0, 0.05) is 18.0 Å². The summed E-state index contributed by atoms with van der Waals surface area (Å²) in [5.74, 6) is -0.537. The molecule has 0 saturated heterocycles. The monoisotopic (exact) mass is 293 g/mol. The fourth-order valence-corrected chi connectivity index (χ4v) is 2.43. The van der Waals surface area contributed by atoms with E-state index in [1.54, 1.807) is 23.7 Å². The van der Waals surface area contributed by atoms with Crippen LogP contribution >= 0.6 is 11.3 Å². The number of nitrogens with zero attached hydrogens (tertiary/aromatic N) is 2. The molecule has 106 valence electrons. The van der Waals surface area contributed by atoms with Crippen LogP contribution in [0.25, 0.3) is 0 Å². The molecular formula is C12H15N5O2S. The molecule has 0 fully saturated rings. The third-order valence-corrected chi connectivity index (χ3v) is 3.38. The maximum absolute atomic E-state index is 11.1. The van der Waals surface area contributed by atoms with E-state index in [0.29, 0.717) is 6.54 Å². The van der Waals surface area contributed by atoms with Gasteiger partial charge in [0.2, 0.25) is 11.8 Å². The first-order chi connectivity index (χ1) is 9.54. The number of hydrogen-bond acceptors (Lipinski definition) is 5. The largest absolute Gasteiger partial charge is 0.378 e. The van der Waals surface area contributed by atoms with Gasteiger partial charge in [-0.1, -0.05) is 0 Å². The van der Waals surface area contributed by atoms with Crippen LogP contribution in [0.1, 0.15) is 11.8 Å². The van der Waals surface area contributed by atoms with E-state index >= 15 is 0 Å². The Morgan fingerprint density at radius 2 is 2.30 bits per heavy atom. The molecule has 0 spiro atoms. The van der Waals surface area contributed by atoms with Crippen molar-refractivity contribution in [2.45, 2.75) is 20.0 Å². The fourth-order valence-electron chi connectivity index (χ4n) is 1.66. The number of carbonyl (C=O) groups is 2. The number of nitrogens with one attached hydrogen (secondary N) is 2. The first-order valence-corrected chi connectivity index (χ1v) is 6.81. The van der Waals surface area contributed by atoms with Crippen LogP contribution in [0.15, 0.2) is 23.8 Å². The van der Waals surface area contributed by atoms with Crippen molar-refractivity contribution >= 4 is 34.5 Å². The van der Waals surface area contributed by atoms with Gasteiger partial charge in [0.05, 0.1) is 24.1 Å². The Morgan fingerprint density at radius 3 is 3.00 bits per heavy atom. The number of rotatable bonds is 6. The summed E-state index contributed by atoms with van der Waals surface area (Å²) in [5.41, 5.74) is 6.68. The van der Waals surface area contributed by atoms with Crippen LogP contribution < -0.4 is 16.4 Å². The maximum atomic E-state index is 11.1. The fraction of sp³-hybridized carbons (Fsp3) is 0.250. The highest BCUT2D eigenvalue weighted by Crippen LogP contribution is 2.23. The molecule has 0 saturated carbocycles. The molecule has 8 heteroatoms. The van der Waals surface area contributed by atoms with Crippen molar-refractivity contribution in [3.8, 4) is 0 Å². The maximum Gasteiger partial charge on any atom is 0.239 e. The van der Waals surface area contributed by atoms with E-state index in [4.69, 9.17) is 5.73 Å². The molecular weight excluding hydrogens is 278 g/mol. The zero-order chi connectivity index (χ0) is 14.5. The Kier molecular flexibility index (Phi) is 4.36. The predicted molar refractivity (Wildman–Crippen MR) is 77.4 cm³/mol. The Balaban J connectivity index is 1.95. The molecule has 7 nitrogen and oxygen atoms in total. The lowest BCUT2D eigenvalue weighted by atomic mass is 10.3. The van der Waals surface area contributed by atoms with Gasteiger partial charge in [-0.15, -0.1) is 11.3 Å². The lowest BCUT2D eigenvalue weighted by molar-refractivity contribution is -0.118. The molecule has 0 aromatic carbocycles. The van der Waals surface area contributed by atoms with Crippen molar-refractivity contribution in [1.29, 1.82) is 0 Å². The summed E-state index contributed by atoms with van der Waals surface area (Å²) in [6, 6.07) is 1.86.